The van der Waals surface area contributed by atoms with Crippen LogP contribution in [0.5, 0.6) is 0 Å². The van der Waals surface area contributed by atoms with Gasteiger partial charge in [0.05, 0.1) is 11.1 Å². The van der Waals surface area contributed by atoms with Crippen molar-refractivity contribution in [2.45, 2.75) is 24.7 Å². The van der Waals surface area contributed by atoms with Gasteiger partial charge in [-0.2, -0.15) is 0 Å². The second kappa shape index (κ2) is 18.9. The lowest BCUT2D eigenvalue weighted by atomic mass is 9.69. The molecule has 0 aliphatic heterocycles. The van der Waals surface area contributed by atoms with Gasteiger partial charge in [0.25, 0.3) is 0 Å². The number of furan rings is 1. The van der Waals surface area contributed by atoms with Gasteiger partial charge in [-0.1, -0.05) is 244 Å². The maximum Gasteiger partial charge on any atom is 0.159 e. The summed E-state index contributed by atoms with van der Waals surface area (Å²) in [4.78, 5) is 4.87. The third-order valence-electron chi connectivity index (χ3n) is 18.6. The first kappa shape index (κ1) is 48.9. The van der Waals surface area contributed by atoms with E-state index in [1.165, 1.54) is 83.5 Å². The fourth-order valence-corrected chi connectivity index (χ4v) is 15.0. The van der Waals surface area contributed by atoms with Crippen molar-refractivity contribution in [1.29, 1.82) is 0 Å². The van der Waals surface area contributed by atoms with Crippen LogP contribution in [0.25, 0.3) is 88.7 Å². The van der Waals surface area contributed by atoms with E-state index in [9.17, 15) is 0 Å². The minimum Gasteiger partial charge on any atom is -0.454 e. The Kier molecular flexibility index (Phi) is 10.9. The molecule has 0 atom stereocenters. The second-order valence-corrected chi connectivity index (χ2v) is 23.5. The highest BCUT2D eigenvalue weighted by Gasteiger charge is 2.54. The quantitative estimate of drug-likeness (QED) is 0.144. The topological polar surface area (TPSA) is 19.6 Å². The first-order valence-electron chi connectivity index (χ1n) is 29.6. The highest BCUT2D eigenvalue weighted by atomic mass is 16.3. The second-order valence-electron chi connectivity index (χ2n) is 23.5. The van der Waals surface area contributed by atoms with Crippen LogP contribution < -0.4 is 9.80 Å². The maximum absolute atomic E-state index is 7.04. The summed E-state index contributed by atoms with van der Waals surface area (Å²) in [6.45, 7) is 4.89. The van der Waals surface area contributed by atoms with Crippen LogP contribution >= 0.6 is 0 Å². The third-order valence-corrected chi connectivity index (χ3v) is 18.6. The van der Waals surface area contributed by atoms with Gasteiger partial charge in [0.15, 0.2) is 5.58 Å². The molecule has 0 radical (unpaired) electrons. The Hall–Kier alpha value is -10.7. The first-order chi connectivity index (χ1) is 41.9. The SMILES string of the molecule is CC1(C)c2ccccc2-c2c3c(cc(-c4cc(N(c5ccccc5)c5ccc(-c6ccccc6)cc5)cc(N(c5ccc(-c6ccccc6)cc5)c5cccc6c5oc5ccccc56)c4)c21)C1(c2ccccc2-c2ccccc21)c1ccccc1-3. The van der Waals surface area contributed by atoms with E-state index >= 15 is 0 Å². The zero-order valence-electron chi connectivity index (χ0n) is 47.2. The number of nitrogens with zero attached hydrogens (tertiary/aromatic N) is 2. The van der Waals surface area contributed by atoms with Crippen LogP contribution in [0.3, 0.4) is 0 Å². The molecule has 0 unspecified atom stereocenters. The smallest absolute Gasteiger partial charge is 0.159 e. The molecule has 1 aromatic heterocycles. The number of hydrogen-bond donors (Lipinski definition) is 0. The normalized spacial score (nSPS) is 13.5. The zero-order chi connectivity index (χ0) is 56.4. The van der Waals surface area contributed by atoms with Gasteiger partial charge in [-0.25, -0.2) is 0 Å². The fourth-order valence-electron chi connectivity index (χ4n) is 15.0. The molecule has 0 bridgehead atoms. The van der Waals surface area contributed by atoms with E-state index in [0.717, 1.165) is 72.8 Å². The molecule has 400 valence electrons. The molecule has 0 fully saturated rings. The Morgan fingerprint density at radius 3 is 1.34 bits per heavy atom. The minimum absolute atomic E-state index is 0.387. The van der Waals surface area contributed by atoms with E-state index in [4.69, 9.17) is 4.42 Å². The highest BCUT2D eigenvalue weighted by Crippen LogP contribution is 2.68. The van der Waals surface area contributed by atoms with Gasteiger partial charge < -0.3 is 14.2 Å². The molecular weight excluding hydrogens is 1030 g/mol. The van der Waals surface area contributed by atoms with Gasteiger partial charge in [-0.15, -0.1) is 0 Å². The van der Waals surface area contributed by atoms with Gasteiger partial charge in [-0.3, -0.25) is 0 Å². The predicted octanol–water partition coefficient (Wildman–Crippen LogP) is 22.2. The molecule has 1 spiro atoms. The summed E-state index contributed by atoms with van der Waals surface area (Å²) in [5.74, 6) is 0. The summed E-state index contributed by atoms with van der Waals surface area (Å²) in [6.07, 6.45) is 0. The summed E-state index contributed by atoms with van der Waals surface area (Å²) in [5, 5.41) is 2.15. The van der Waals surface area contributed by atoms with E-state index in [1.807, 2.05) is 0 Å². The van der Waals surface area contributed by atoms with Crippen molar-refractivity contribution in [3.8, 4) is 66.8 Å². The maximum atomic E-state index is 7.04. The van der Waals surface area contributed by atoms with Gasteiger partial charge in [-0.05, 0) is 173 Å². The molecule has 17 rings (SSSR count). The molecule has 13 aromatic carbocycles. The van der Waals surface area contributed by atoms with Crippen LogP contribution in [0.4, 0.5) is 34.1 Å². The van der Waals surface area contributed by atoms with Crippen molar-refractivity contribution < 1.29 is 4.42 Å². The molecule has 14 aromatic rings. The summed E-state index contributed by atoms with van der Waals surface area (Å²) < 4.78 is 7.04. The third kappa shape index (κ3) is 7.27. The molecule has 85 heavy (non-hydrogen) atoms. The number of para-hydroxylation sites is 3. The highest BCUT2D eigenvalue weighted by molar-refractivity contribution is 6.11. The number of fused-ring (bicyclic) bond motifs is 17. The molecule has 3 aliphatic rings. The van der Waals surface area contributed by atoms with Crippen LogP contribution in [0, 0.1) is 0 Å². The van der Waals surface area contributed by atoms with Crippen molar-refractivity contribution in [1.82, 2.24) is 0 Å². The molecule has 0 saturated heterocycles. The Morgan fingerprint density at radius 2 is 0.729 bits per heavy atom. The number of hydrogen-bond acceptors (Lipinski definition) is 3. The molecule has 3 nitrogen and oxygen atoms in total. The fraction of sp³-hybridized carbons (Fsp3) is 0.0488. The molecule has 3 aliphatic carbocycles. The zero-order valence-corrected chi connectivity index (χ0v) is 47.2. The Balaban J connectivity index is 0.998. The van der Waals surface area contributed by atoms with E-state index in [1.54, 1.807) is 0 Å². The molecule has 0 amide bonds. The Bertz CT molecular complexity index is 4920. The minimum atomic E-state index is -0.578. The summed E-state index contributed by atoms with van der Waals surface area (Å²) in [7, 11) is 0. The van der Waals surface area contributed by atoms with E-state index in [-0.39, 0.29) is 5.41 Å². The van der Waals surface area contributed by atoms with Crippen molar-refractivity contribution >= 4 is 56.1 Å². The lowest BCUT2D eigenvalue weighted by Gasteiger charge is -2.33. The van der Waals surface area contributed by atoms with Gasteiger partial charge in [0, 0.05) is 44.6 Å². The average Bonchev–Trinajstić information content (AvgIpc) is 1.56. The van der Waals surface area contributed by atoms with Crippen molar-refractivity contribution in [2.24, 2.45) is 0 Å². The standard InChI is InChI=1S/C82H56N2O/c1-81(2)70-35-17-14-32-67(70)78-77-68-33-15-20-38-73(68)82(71-36-18-12-29-63(71)64-30-13-19-37-72(64)82)74(77)52-69(79(78)81)57-49-61(83(58-27-10-5-11-28-58)59-45-41-55(42-46-59)53-23-6-3-7-24-53)51-62(50-57)84(60-47-43-56(44-48-60)54-25-8-4-9-26-54)75-39-22-34-66-65-31-16-21-40-76(65)85-80(66)75/h3-52H,1-2H3. The average molecular weight is 1090 g/mol. The van der Waals surface area contributed by atoms with Crippen LogP contribution in [0.15, 0.2) is 308 Å². The van der Waals surface area contributed by atoms with Crippen LogP contribution in [0.1, 0.15) is 47.2 Å². The van der Waals surface area contributed by atoms with Crippen molar-refractivity contribution in [3.05, 3.63) is 337 Å². The largest absolute Gasteiger partial charge is 0.454 e. The van der Waals surface area contributed by atoms with E-state index < -0.39 is 5.41 Å². The summed E-state index contributed by atoms with van der Waals surface area (Å²) in [5.41, 5.74) is 29.6. The predicted molar refractivity (Wildman–Crippen MR) is 353 cm³/mol. The van der Waals surface area contributed by atoms with E-state index in [2.05, 4.69) is 327 Å². The summed E-state index contributed by atoms with van der Waals surface area (Å²) in [6, 6.07) is 112. The Morgan fingerprint density at radius 1 is 0.282 bits per heavy atom. The van der Waals surface area contributed by atoms with Crippen LogP contribution in [-0.2, 0) is 10.8 Å². The lowest BCUT2D eigenvalue weighted by molar-refractivity contribution is 0.661. The van der Waals surface area contributed by atoms with Gasteiger partial charge >= 0.3 is 0 Å². The number of benzene rings is 13. The first-order valence-corrected chi connectivity index (χ1v) is 29.6. The van der Waals surface area contributed by atoms with Crippen LogP contribution in [0.2, 0.25) is 0 Å². The van der Waals surface area contributed by atoms with Crippen LogP contribution in [-0.4, -0.2) is 0 Å². The van der Waals surface area contributed by atoms with E-state index in [0.29, 0.717) is 0 Å². The molecular formula is C82H56N2O. The molecule has 3 heteroatoms. The molecule has 1 heterocycles. The summed E-state index contributed by atoms with van der Waals surface area (Å²) >= 11 is 0. The lowest BCUT2D eigenvalue weighted by Crippen LogP contribution is -2.26. The molecule has 0 N–H and O–H groups in total. The number of anilines is 6. The van der Waals surface area contributed by atoms with Gasteiger partial charge in [0.2, 0.25) is 0 Å². The Labute approximate surface area is 495 Å². The monoisotopic (exact) mass is 1080 g/mol. The molecule has 0 saturated carbocycles. The number of rotatable bonds is 9. The van der Waals surface area contributed by atoms with Crippen molar-refractivity contribution in [2.75, 3.05) is 9.80 Å². The van der Waals surface area contributed by atoms with Gasteiger partial charge in [0.1, 0.15) is 5.58 Å². The van der Waals surface area contributed by atoms with Crippen molar-refractivity contribution in [3.63, 3.8) is 0 Å².